The van der Waals surface area contributed by atoms with Gasteiger partial charge in [0.15, 0.2) is 0 Å². The first-order valence-electron chi connectivity index (χ1n) is 11.2. The molecule has 6 heteroatoms. The first kappa shape index (κ1) is 23.0. The minimum atomic E-state index is -0.443. The van der Waals surface area contributed by atoms with Crippen LogP contribution in [0.4, 0.5) is 5.69 Å². The van der Waals surface area contributed by atoms with E-state index < -0.39 is 4.92 Å². The molecule has 0 aliphatic carbocycles. The molecule has 0 aliphatic rings. The number of aryl methyl sites for hydroxylation is 2. The zero-order chi connectivity index (χ0) is 24.1. The summed E-state index contributed by atoms with van der Waals surface area (Å²) < 4.78 is 2.14. The van der Waals surface area contributed by atoms with Gasteiger partial charge in [0.1, 0.15) is 0 Å². The van der Waals surface area contributed by atoms with Crippen molar-refractivity contribution in [2.45, 2.75) is 33.5 Å². The van der Waals surface area contributed by atoms with Gasteiger partial charge in [-0.25, -0.2) is 0 Å². The molecule has 4 rings (SSSR count). The Morgan fingerprint density at radius 1 is 0.882 bits per heavy atom. The molecule has 0 fully saturated rings. The van der Waals surface area contributed by atoms with Gasteiger partial charge >= 0.3 is 0 Å². The maximum absolute atomic E-state index is 13.6. The normalized spacial score (nSPS) is 10.8. The highest BCUT2D eigenvalue weighted by atomic mass is 16.6. The number of amides is 1. The van der Waals surface area contributed by atoms with Gasteiger partial charge in [-0.1, -0.05) is 60.7 Å². The van der Waals surface area contributed by atoms with Crippen molar-refractivity contribution in [2.75, 3.05) is 0 Å². The van der Waals surface area contributed by atoms with Gasteiger partial charge in [-0.05, 0) is 48.7 Å². The Bertz CT molecular complexity index is 1310. The average Bonchev–Trinajstić information content (AvgIpc) is 3.27. The molecule has 0 saturated carbocycles. The van der Waals surface area contributed by atoms with Gasteiger partial charge in [0, 0.05) is 42.2 Å². The van der Waals surface area contributed by atoms with E-state index in [-0.39, 0.29) is 11.6 Å². The monoisotopic (exact) mass is 453 g/mol. The van der Waals surface area contributed by atoms with Crippen LogP contribution in [-0.4, -0.2) is 20.3 Å². The summed E-state index contributed by atoms with van der Waals surface area (Å²) in [5.74, 6) is -0.240. The number of carbonyl (C=O) groups is 1. The highest BCUT2D eigenvalue weighted by Gasteiger charge is 2.21. The summed E-state index contributed by atoms with van der Waals surface area (Å²) in [6.07, 6.45) is 2.02. The summed E-state index contributed by atoms with van der Waals surface area (Å²) >= 11 is 0. The number of aromatic nitrogens is 1. The summed E-state index contributed by atoms with van der Waals surface area (Å²) in [4.78, 5) is 26.3. The number of hydrogen-bond donors (Lipinski definition) is 0. The second-order valence-electron chi connectivity index (χ2n) is 8.46. The standard InChI is InChI=1S/C28H27N3O3/c1-21-9-6-7-12-25(21)19-29-16-8-13-26(29)20-30(18-23-10-4-3-5-11-23)28(32)24-15-14-22(2)27(17-24)31(33)34/h3-17H,18-20H2,1-2H3. The largest absolute Gasteiger partial charge is 0.345 e. The quantitative estimate of drug-likeness (QED) is 0.246. The van der Waals surface area contributed by atoms with Crippen LogP contribution in [0.25, 0.3) is 0 Å². The lowest BCUT2D eigenvalue weighted by Gasteiger charge is -2.24. The molecule has 1 amide bonds. The van der Waals surface area contributed by atoms with Crippen molar-refractivity contribution >= 4 is 11.6 Å². The third-order valence-corrected chi connectivity index (χ3v) is 6.03. The van der Waals surface area contributed by atoms with E-state index in [2.05, 4.69) is 23.6 Å². The third kappa shape index (κ3) is 5.23. The third-order valence-electron chi connectivity index (χ3n) is 6.03. The van der Waals surface area contributed by atoms with Crippen molar-refractivity contribution in [3.8, 4) is 0 Å². The molecular formula is C28H27N3O3. The van der Waals surface area contributed by atoms with E-state index in [4.69, 9.17) is 0 Å². The molecule has 172 valence electrons. The van der Waals surface area contributed by atoms with E-state index in [1.54, 1.807) is 24.0 Å². The molecule has 0 atom stereocenters. The summed E-state index contributed by atoms with van der Waals surface area (Å²) in [7, 11) is 0. The number of carbonyl (C=O) groups excluding carboxylic acids is 1. The molecule has 0 spiro atoms. The average molecular weight is 454 g/mol. The molecule has 4 aromatic rings. The molecule has 0 bridgehead atoms. The highest BCUT2D eigenvalue weighted by molar-refractivity contribution is 5.95. The summed E-state index contributed by atoms with van der Waals surface area (Å²) in [6, 6.07) is 26.7. The predicted molar refractivity (Wildman–Crippen MR) is 133 cm³/mol. The Kier molecular flexibility index (Phi) is 6.87. The Labute approximate surface area is 199 Å². The number of nitrogens with zero attached hydrogens (tertiary/aromatic N) is 3. The molecule has 0 aliphatic heterocycles. The molecule has 0 saturated heterocycles. The topological polar surface area (TPSA) is 68.4 Å². The number of hydrogen-bond acceptors (Lipinski definition) is 3. The molecular weight excluding hydrogens is 426 g/mol. The van der Waals surface area contributed by atoms with Crippen molar-refractivity contribution < 1.29 is 9.72 Å². The predicted octanol–water partition coefficient (Wildman–Crippen LogP) is 5.90. The fourth-order valence-corrected chi connectivity index (χ4v) is 4.04. The van der Waals surface area contributed by atoms with Gasteiger partial charge in [-0.15, -0.1) is 0 Å². The number of nitro groups is 1. The highest BCUT2D eigenvalue weighted by Crippen LogP contribution is 2.22. The maximum Gasteiger partial charge on any atom is 0.273 e. The fourth-order valence-electron chi connectivity index (χ4n) is 4.04. The second-order valence-corrected chi connectivity index (χ2v) is 8.46. The number of rotatable bonds is 8. The van der Waals surface area contributed by atoms with Crippen LogP contribution in [0.2, 0.25) is 0 Å². The zero-order valence-electron chi connectivity index (χ0n) is 19.3. The van der Waals surface area contributed by atoms with E-state index in [1.807, 2.05) is 60.8 Å². The Morgan fingerprint density at radius 3 is 2.35 bits per heavy atom. The van der Waals surface area contributed by atoms with Crippen LogP contribution >= 0.6 is 0 Å². The van der Waals surface area contributed by atoms with Crippen LogP contribution < -0.4 is 0 Å². The summed E-state index contributed by atoms with van der Waals surface area (Å²) in [6.45, 7) is 5.25. The lowest BCUT2D eigenvalue weighted by molar-refractivity contribution is -0.385. The van der Waals surface area contributed by atoms with Gasteiger partial charge < -0.3 is 9.47 Å². The first-order valence-corrected chi connectivity index (χ1v) is 11.2. The van der Waals surface area contributed by atoms with Crippen LogP contribution in [0, 0.1) is 24.0 Å². The lowest BCUT2D eigenvalue weighted by atomic mass is 10.1. The number of benzene rings is 3. The maximum atomic E-state index is 13.6. The van der Waals surface area contributed by atoms with Gasteiger partial charge in [0.25, 0.3) is 11.6 Å². The summed E-state index contributed by atoms with van der Waals surface area (Å²) in [5.41, 5.74) is 5.21. The van der Waals surface area contributed by atoms with Crippen LogP contribution in [0.5, 0.6) is 0 Å². The van der Waals surface area contributed by atoms with E-state index in [9.17, 15) is 14.9 Å². The van der Waals surface area contributed by atoms with Gasteiger partial charge in [-0.3, -0.25) is 14.9 Å². The van der Waals surface area contributed by atoms with Crippen molar-refractivity contribution in [1.82, 2.24) is 9.47 Å². The van der Waals surface area contributed by atoms with Crippen molar-refractivity contribution in [3.05, 3.63) is 135 Å². The van der Waals surface area contributed by atoms with E-state index >= 15 is 0 Å². The molecule has 34 heavy (non-hydrogen) atoms. The minimum absolute atomic E-state index is 0.0477. The van der Waals surface area contributed by atoms with Crippen molar-refractivity contribution in [3.63, 3.8) is 0 Å². The molecule has 6 nitrogen and oxygen atoms in total. The fraction of sp³-hybridized carbons (Fsp3) is 0.179. The summed E-state index contributed by atoms with van der Waals surface area (Å²) in [5, 5.41) is 11.4. The van der Waals surface area contributed by atoms with E-state index in [0.717, 1.165) is 11.3 Å². The molecule has 0 unspecified atom stereocenters. The van der Waals surface area contributed by atoms with Crippen LogP contribution in [0.15, 0.2) is 91.1 Å². The smallest absolute Gasteiger partial charge is 0.273 e. The molecule has 3 aromatic carbocycles. The SMILES string of the molecule is Cc1ccccc1Cn1cccc1CN(Cc1ccccc1)C(=O)c1ccc(C)c([N+](=O)[O-])c1. The zero-order valence-corrected chi connectivity index (χ0v) is 19.3. The van der Waals surface area contributed by atoms with Crippen molar-refractivity contribution in [2.24, 2.45) is 0 Å². The van der Waals surface area contributed by atoms with Crippen LogP contribution in [-0.2, 0) is 19.6 Å². The van der Waals surface area contributed by atoms with Gasteiger partial charge in [0.2, 0.25) is 0 Å². The molecule has 0 N–H and O–H groups in total. The van der Waals surface area contributed by atoms with E-state index in [0.29, 0.717) is 30.8 Å². The second kappa shape index (κ2) is 10.2. The Hall–Kier alpha value is -4.19. The van der Waals surface area contributed by atoms with Crippen LogP contribution in [0.3, 0.4) is 0 Å². The van der Waals surface area contributed by atoms with E-state index in [1.165, 1.54) is 17.2 Å². The first-order chi connectivity index (χ1) is 16.4. The Balaban J connectivity index is 1.65. The van der Waals surface area contributed by atoms with Crippen LogP contribution in [0.1, 0.15) is 38.3 Å². The van der Waals surface area contributed by atoms with Crippen molar-refractivity contribution in [1.29, 1.82) is 0 Å². The lowest BCUT2D eigenvalue weighted by Crippen LogP contribution is -2.31. The molecule has 0 radical (unpaired) electrons. The van der Waals surface area contributed by atoms with Gasteiger partial charge in [-0.2, -0.15) is 0 Å². The van der Waals surface area contributed by atoms with Gasteiger partial charge in [0.05, 0.1) is 11.5 Å². The number of nitro benzene ring substituents is 1. The molecule has 1 aromatic heterocycles. The Morgan fingerprint density at radius 2 is 1.62 bits per heavy atom. The minimum Gasteiger partial charge on any atom is -0.345 e. The molecule has 1 heterocycles.